The molecule has 0 saturated heterocycles. The van der Waals surface area contributed by atoms with Gasteiger partial charge in [0.25, 0.3) is 5.91 Å². The van der Waals surface area contributed by atoms with E-state index in [1.165, 1.54) is 11.3 Å². The van der Waals surface area contributed by atoms with Crippen LogP contribution in [-0.2, 0) is 11.2 Å². The van der Waals surface area contributed by atoms with Crippen LogP contribution in [0.3, 0.4) is 0 Å². The molecule has 4 rings (SSSR count). The lowest BCUT2D eigenvalue weighted by Gasteiger charge is -2.04. The normalized spacial score (nSPS) is 10.6. The molecule has 0 bridgehead atoms. The maximum absolute atomic E-state index is 12.3. The lowest BCUT2D eigenvalue weighted by Crippen LogP contribution is -2.42. The van der Waals surface area contributed by atoms with Gasteiger partial charge >= 0.3 is 0 Å². The number of rotatable bonds is 6. The Labute approximate surface area is 179 Å². The number of hydrazine groups is 1. The van der Waals surface area contributed by atoms with Gasteiger partial charge < -0.3 is 4.74 Å². The second kappa shape index (κ2) is 8.89. The lowest BCUT2D eigenvalue weighted by atomic mass is 10.1. The van der Waals surface area contributed by atoms with Crippen LogP contribution in [0.5, 0.6) is 5.75 Å². The molecule has 1 aromatic carbocycles. The van der Waals surface area contributed by atoms with E-state index in [9.17, 15) is 9.59 Å². The predicted molar refractivity (Wildman–Crippen MR) is 115 cm³/mol. The van der Waals surface area contributed by atoms with Crippen LogP contribution >= 0.6 is 22.7 Å². The number of benzene rings is 1. The minimum absolute atomic E-state index is 0.0717. The molecule has 10 heteroatoms. The summed E-state index contributed by atoms with van der Waals surface area (Å²) in [5.41, 5.74) is 7.11. The Hall–Kier alpha value is -3.50. The number of H-pyrrole nitrogens is 1. The number of aromatic amines is 1. The van der Waals surface area contributed by atoms with Crippen molar-refractivity contribution in [2.24, 2.45) is 0 Å². The average molecular weight is 440 g/mol. The van der Waals surface area contributed by atoms with E-state index in [4.69, 9.17) is 4.74 Å². The molecule has 3 aromatic heterocycles. The Balaban J connectivity index is 1.31. The van der Waals surface area contributed by atoms with Crippen LogP contribution in [0.15, 0.2) is 53.2 Å². The Morgan fingerprint density at radius 1 is 1.13 bits per heavy atom. The fourth-order valence-corrected chi connectivity index (χ4v) is 4.29. The topological polar surface area (TPSA) is 109 Å². The van der Waals surface area contributed by atoms with Gasteiger partial charge in [0.2, 0.25) is 5.91 Å². The summed E-state index contributed by atoms with van der Waals surface area (Å²) >= 11 is 3.08. The SMILES string of the molecule is COc1ccc(-c2cc(C(=O)NNC(=O)Cc3csc(-c4cccs4)n3)[nH]n2)cc1. The van der Waals surface area contributed by atoms with Gasteiger partial charge in [-0.2, -0.15) is 5.10 Å². The van der Waals surface area contributed by atoms with Crippen molar-refractivity contribution >= 4 is 34.5 Å². The molecule has 3 heterocycles. The zero-order chi connectivity index (χ0) is 20.9. The van der Waals surface area contributed by atoms with Crippen LogP contribution in [0.2, 0.25) is 0 Å². The van der Waals surface area contributed by atoms with E-state index in [0.717, 1.165) is 21.2 Å². The molecular formula is C20H17N5O3S2. The predicted octanol–water partition coefficient (Wildman–Crippen LogP) is 3.27. The molecule has 8 nitrogen and oxygen atoms in total. The van der Waals surface area contributed by atoms with Gasteiger partial charge in [0.1, 0.15) is 16.5 Å². The summed E-state index contributed by atoms with van der Waals surface area (Å²) in [5.74, 6) is -0.118. The number of amides is 2. The molecule has 0 atom stereocenters. The quantitative estimate of drug-likeness (QED) is 0.400. The van der Waals surface area contributed by atoms with Gasteiger partial charge in [-0.15, -0.1) is 22.7 Å². The van der Waals surface area contributed by atoms with Crippen molar-refractivity contribution in [3.05, 3.63) is 64.6 Å². The Kier molecular flexibility index (Phi) is 5.87. The summed E-state index contributed by atoms with van der Waals surface area (Å²) in [4.78, 5) is 29.9. The second-order valence-corrected chi connectivity index (χ2v) is 8.00. The zero-order valence-electron chi connectivity index (χ0n) is 15.8. The number of nitrogens with one attached hydrogen (secondary N) is 3. The van der Waals surface area contributed by atoms with Crippen molar-refractivity contribution in [1.29, 1.82) is 0 Å². The molecular weight excluding hydrogens is 422 g/mol. The highest BCUT2D eigenvalue weighted by atomic mass is 32.1. The van der Waals surface area contributed by atoms with Crippen molar-refractivity contribution in [2.45, 2.75) is 6.42 Å². The standard InChI is InChI=1S/C20H17N5O3S2/c1-28-14-6-4-12(5-7-14)15-10-16(23-22-15)19(27)25-24-18(26)9-13-11-30-20(21-13)17-3-2-8-29-17/h2-8,10-11H,9H2,1H3,(H,22,23)(H,24,26)(H,25,27). The monoisotopic (exact) mass is 439 g/mol. The van der Waals surface area contributed by atoms with E-state index in [1.54, 1.807) is 24.5 Å². The van der Waals surface area contributed by atoms with Crippen molar-refractivity contribution < 1.29 is 14.3 Å². The summed E-state index contributed by atoms with van der Waals surface area (Å²) in [6, 6.07) is 12.9. The molecule has 152 valence electrons. The molecule has 4 aromatic rings. The Morgan fingerprint density at radius 3 is 2.70 bits per heavy atom. The molecule has 0 aliphatic heterocycles. The van der Waals surface area contributed by atoms with Gasteiger partial charge in [0.05, 0.1) is 29.8 Å². The first-order valence-electron chi connectivity index (χ1n) is 8.89. The highest BCUT2D eigenvalue weighted by molar-refractivity contribution is 7.20. The summed E-state index contributed by atoms with van der Waals surface area (Å²) in [6.07, 6.45) is 0.0717. The maximum Gasteiger partial charge on any atom is 0.287 e. The zero-order valence-corrected chi connectivity index (χ0v) is 17.5. The molecule has 0 fully saturated rings. The largest absolute Gasteiger partial charge is 0.497 e. The number of hydrogen-bond acceptors (Lipinski definition) is 7. The molecule has 0 unspecified atom stereocenters. The number of thiophene rings is 1. The first-order valence-corrected chi connectivity index (χ1v) is 10.7. The number of aromatic nitrogens is 3. The summed E-state index contributed by atoms with van der Waals surface area (Å²) in [6.45, 7) is 0. The number of carbonyl (C=O) groups is 2. The number of nitrogens with zero attached hydrogens (tertiary/aromatic N) is 2. The molecule has 0 saturated carbocycles. The minimum Gasteiger partial charge on any atom is -0.497 e. The number of carbonyl (C=O) groups excluding carboxylic acids is 2. The first-order chi connectivity index (χ1) is 14.6. The third-order valence-corrected chi connectivity index (χ3v) is 6.08. The Bertz CT molecular complexity index is 1150. The van der Waals surface area contributed by atoms with E-state index in [0.29, 0.717) is 11.4 Å². The molecule has 2 amide bonds. The number of thiazole rings is 1. The summed E-state index contributed by atoms with van der Waals surface area (Å²) in [7, 11) is 1.59. The van der Waals surface area contributed by atoms with Gasteiger partial charge in [-0.05, 0) is 41.8 Å². The van der Waals surface area contributed by atoms with E-state index >= 15 is 0 Å². The van der Waals surface area contributed by atoms with Crippen LogP contribution in [0, 0.1) is 0 Å². The molecule has 0 spiro atoms. The van der Waals surface area contributed by atoms with Crippen LogP contribution in [0.25, 0.3) is 21.1 Å². The van der Waals surface area contributed by atoms with Crippen LogP contribution in [0.4, 0.5) is 0 Å². The Morgan fingerprint density at radius 2 is 1.97 bits per heavy atom. The molecule has 0 aliphatic rings. The lowest BCUT2D eigenvalue weighted by molar-refractivity contribution is -0.121. The number of hydrogen-bond donors (Lipinski definition) is 3. The van der Waals surface area contributed by atoms with E-state index in [2.05, 4.69) is 26.0 Å². The molecule has 3 N–H and O–H groups in total. The van der Waals surface area contributed by atoms with E-state index in [1.807, 2.05) is 47.2 Å². The van der Waals surface area contributed by atoms with Crippen molar-refractivity contribution in [3.63, 3.8) is 0 Å². The smallest absolute Gasteiger partial charge is 0.287 e. The van der Waals surface area contributed by atoms with Crippen molar-refractivity contribution in [1.82, 2.24) is 26.0 Å². The second-order valence-electron chi connectivity index (χ2n) is 6.20. The van der Waals surface area contributed by atoms with Gasteiger partial charge in [-0.3, -0.25) is 25.5 Å². The fraction of sp³-hybridized carbons (Fsp3) is 0.100. The first kappa shape index (κ1) is 19.8. The fourth-order valence-electron chi connectivity index (χ4n) is 2.65. The van der Waals surface area contributed by atoms with Gasteiger partial charge in [0, 0.05) is 10.9 Å². The summed E-state index contributed by atoms with van der Waals surface area (Å²) < 4.78 is 5.13. The van der Waals surface area contributed by atoms with Crippen LogP contribution in [0.1, 0.15) is 16.2 Å². The molecule has 0 aliphatic carbocycles. The van der Waals surface area contributed by atoms with Gasteiger partial charge in [0.15, 0.2) is 0 Å². The third kappa shape index (κ3) is 4.56. The van der Waals surface area contributed by atoms with Crippen molar-refractivity contribution in [2.75, 3.05) is 7.11 Å². The summed E-state index contributed by atoms with van der Waals surface area (Å²) in [5, 5.41) is 11.5. The van der Waals surface area contributed by atoms with Gasteiger partial charge in [-0.1, -0.05) is 6.07 Å². The maximum atomic E-state index is 12.3. The van der Waals surface area contributed by atoms with Gasteiger partial charge in [-0.25, -0.2) is 4.98 Å². The highest BCUT2D eigenvalue weighted by Crippen LogP contribution is 2.27. The highest BCUT2D eigenvalue weighted by Gasteiger charge is 2.14. The number of ether oxygens (including phenoxy) is 1. The number of methoxy groups -OCH3 is 1. The van der Waals surface area contributed by atoms with Crippen molar-refractivity contribution in [3.8, 4) is 26.9 Å². The molecule has 0 radical (unpaired) electrons. The minimum atomic E-state index is -0.492. The average Bonchev–Trinajstić information content (AvgIpc) is 3.53. The van der Waals surface area contributed by atoms with Crippen LogP contribution in [-0.4, -0.2) is 34.1 Å². The van der Waals surface area contributed by atoms with Crippen LogP contribution < -0.4 is 15.6 Å². The molecule has 30 heavy (non-hydrogen) atoms. The van der Waals surface area contributed by atoms with E-state index < -0.39 is 5.91 Å². The third-order valence-electron chi connectivity index (χ3n) is 4.15. The van der Waals surface area contributed by atoms with E-state index in [-0.39, 0.29) is 18.0 Å².